The van der Waals surface area contributed by atoms with E-state index in [1.165, 1.54) is 30.4 Å². The first kappa shape index (κ1) is 26.6. The summed E-state index contributed by atoms with van der Waals surface area (Å²) in [6.07, 6.45) is 4.71. The van der Waals surface area contributed by atoms with Gasteiger partial charge in [-0.05, 0) is 64.6 Å². The Morgan fingerprint density at radius 3 is 2.47 bits per heavy atom. The van der Waals surface area contributed by atoms with Crippen molar-refractivity contribution in [1.82, 2.24) is 20.5 Å². The van der Waals surface area contributed by atoms with Crippen molar-refractivity contribution >= 4 is 29.9 Å². The average molecular weight is 554 g/mol. The molecule has 7 heteroatoms. The quantitative estimate of drug-likeness (QED) is 0.199. The van der Waals surface area contributed by atoms with Crippen LogP contribution in [0.4, 0.5) is 0 Å². The molecule has 1 aliphatic rings. The third-order valence-electron chi connectivity index (χ3n) is 6.06. The fourth-order valence-corrected chi connectivity index (χ4v) is 3.81. The van der Waals surface area contributed by atoms with E-state index in [1.54, 1.807) is 0 Å². The Hall–Kier alpha value is -1.61. The zero-order valence-corrected chi connectivity index (χ0v) is 22.4. The van der Waals surface area contributed by atoms with Crippen LogP contribution in [0.15, 0.2) is 33.7 Å². The number of likely N-dealkylation sites (tertiary alicyclic amines) is 1. The molecule has 1 saturated heterocycles. The summed E-state index contributed by atoms with van der Waals surface area (Å²) in [5.41, 5.74) is 3.53. The first-order valence-electron chi connectivity index (χ1n) is 11.8. The van der Waals surface area contributed by atoms with Crippen LogP contribution in [0.1, 0.15) is 61.1 Å². The van der Waals surface area contributed by atoms with Gasteiger partial charge in [0.15, 0.2) is 5.96 Å². The van der Waals surface area contributed by atoms with E-state index >= 15 is 0 Å². The van der Waals surface area contributed by atoms with E-state index < -0.39 is 0 Å². The molecule has 0 spiro atoms. The van der Waals surface area contributed by atoms with Crippen molar-refractivity contribution in [2.24, 2.45) is 10.9 Å². The molecular formula is C25H40IN5O. The van der Waals surface area contributed by atoms with Crippen LogP contribution in [0.3, 0.4) is 0 Å². The number of hydrogen-bond acceptors (Lipinski definition) is 4. The predicted octanol–water partition coefficient (Wildman–Crippen LogP) is 4.97. The summed E-state index contributed by atoms with van der Waals surface area (Å²) in [4.78, 5) is 11.8. The molecule has 0 amide bonds. The molecule has 0 atom stereocenters. The number of guanidine groups is 1. The number of nitrogens with one attached hydrogen (secondary N) is 2. The third-order valence-corrected chi connectivity index (χ3v) is 6.06. The first-order chi connectivity index (χ1) is 15.0. The highest BCUT2D eigenvalue weighted by Crippen LogP contribution is 2.19. The van der Waals surface area contributed by atoms with Gasteiger partial charge < -0.3 is 15.1 Å². The molecule has 178 valence electrons. The van der Waals surface area contributed by atoms with Crippen molar-refractivity contribution in [1.29, 1.82) is 0 Å². The average Bonchev–Trinajstić information content (AvgIpc) is 3.08. The highest BCUT2D eigenvalue weighted by molar-refractivity contribution is 14.0. The number of aromatic nitrogens is 1. The number of unbranched alkanes of at least 4 members (excludes halogenated alkanes) is 1. The van der Waals surface area contributed by atoms with Gasteiger partial charge in [0.1, 0.15) is 5.76 Å². The van der Waals surface area contributed by atoms with Gasteiger partial charge in [-0.15, -0.1) is 24.0 Å². The normalized spacial score (nSPS) is 15.4. The summed E-state index contributed by atoms with van der Waals surface area (Å²) >= 11 is 0. The molecule has 0 saturated carbocycles. The van der Waals surface area contributed by atoms with Crippen molar-refractivity contribution < 1.29 is 4.42 Å². The molecule has 0 unspecified atom stereocenters. The van der Waals surface area contributed by atoms with Crippen LogP contribution in [0.5, 0.6) is 0 Å². The van der Waals surface area contributed by atoms with E-state index in [1.807, 2.05) is 13.8 Å². The minimum Gasteiger partial charge on any atom is -0.444 e. The molecule has 2 heterocycles. The van der Waals surface area contributed by atoms with E-state index in [2.05, 4.69) is 58.6 Å². The number of nitrogens with zero attached hydrogens (tertiary/aromatic N) is 3. The van der Waals surface area contributed by atoms with E-state index in [0.717, 1.165) is 62.4 Å². The van der Waals surface area contributed by atoms with Crippen LogP contribution in [-0.4, -0.2) is 42.0 Å². The zero-order valence-electron chi connectivity index (χ0n) is 20.1. The fourth-order valence-electron chi connectivity index (χ4n) is 3.81. The van der Waals surface area contributed by atoms with Crippen molar-refractivity contribution in [3.8, 4) is 0 Å². The van der Waals surface area contributed by atoms with Crippen LogP contribution in [0.25, 0.3) is 0 Å². The molecule has 1 aliphatic heterocycles. The number of rotatable bonds is 9. The molecular weight excluding hydrogens is 513 g/mol. The second kappa shape index (κ2) is 13.8. The minimum absolute atomic E-state index is 0. The molecule has 1 aromatic heterocycles. The van der Waals surface area contributed by atoms with Crippen LogP contribution >= 0.6 is 24.0 Å². The summed E-state index contributed by atoms with van der Waals surface area (Å²) in [5, 5.41) is 7.09. The van der Waals surface area contributed by atoms with Gasteiger partial charge in [0.25, 0.3) is 0 Å². The molecule has 0 aliphatic carbocycles. The maximum absolute atomic E-state index is 5.75. The number of benzene rings is 1. The first-order valence-corrected chi connectivity index (χ1v) is 11.8. The summed E-state index contributed by atoms with van der Waals surface area (Å²) in [5.74, 6) is 3.38. The van der Waals surface area contributed by atoms with E-state index in [-0.39, 0.29) is 24.0 Å². The molecule has 1 aromatic carbocycles. The largest absolute Gasteiger partial charge is 0.444 e. The minimum atomic E-state index is 0. The Labute approximate surface area is 210 Å². The lowest BCUT2D eigenvalue weighted by Crippen LogP contribution is -2.43. The van der Waals surface area contributed by atoms with Crippen LogP contribution in [0.2, 0.25) is 0 Å². The zero-order chi connectivity index (χ0) is 22.1. The van der Waals surface area contributed by atoms with Gasteiger partial charge in [0.05, 0.1) is 18.8 Å². The number of oxazole rings is 1. The SMILES string of the molecule is CCCCNC(=NCc1ccc(C)cc1)NCC1CCN(Cc2nc(C)c(C)o2)CC1.I. The Morgan fingerprint density at radius 2 is 1.84 bits per heavy atom. The summed E-state index contributed by atoms with van der Waals surface area (Å²) < 4.78 is 5.75. The second-order valence-electron chi connectivity index (χ2n) is 8.78. The highest BCUT2D eigenvalue weighted by Gasteiger charge is 2.21. The lowest BCUT2D eigenvalue weighted by molar-refractivity contribution is 0.164. The molecule has 6 nitrogen and oxygen atoms in total. The summed E-state index contributed by atoms with van der Waals surface area (Å²) in [6, 6.07) is 8.62. The van der Waals surface area contributed by atoms with Gasteiger partial charge >= 0.3 is 0 Å². The topological polar surface area (TPSA) is 65.7 Å². The van der Waals surface area contributed by atoms with E-state index in [0.29, 0.717) is 12.5 Å². The van der Waals surface area contributed by atoms with Gasteiger partial charge in [-0.1, -0.05) is 43.2 Å². The van der Waals surface area contributed by atoms with Crippen LogP contribution < -0.4 is 10.6 Å². The summed E-state index contributed by atoms with van der Waals surface area (Å²) in [6.45, 7) is 13.9. The molecule has 0 bridgehead atoms. The number of aliphatic imine (C=N–C) groups is 1. The van der Waals surface area contributed by atoms with Crippen molar-refractivity contribution in [2.45, 2.75) is 66.5 Å². The molecule has 2 N–H and O–H groups in total. The monoisotopic (exact) mass is 553 g/mol. The van der Waals surface area contributed by atoms with Gasteiger partial charge in [0.2, 0.25) is 5.89 Å². The van der Waals surface area contributed by atoms with Crippen molar-refractivity contribution in [3.05, 3.63) is 52.7 Å². The molecule has 3 rings (SSSR count). The van der Waals surface area contributed by atoms with Gasteiger partial charge in [-0.3, -0.25) is 4.90 Å². The van der Waals surface area contributed by atoms with E-state index in [4.69, 9.17) is 9.41 Å². The Kier molecular flexibility index (Phi) is 11.5. The lowest BCUT2D eigenvalue weighted by Gasteiger charge is -2.31. The number of hydrogen-bond donors (Lipinski definition) is 2. The molecule has 2 aromatic rings. The van der Waals surface area contributed by atoms with Crippen LogP contribution in [0, 0.1) is 26.7 Å². The summed E-state index contributed by atoms with van der Waals surface area (Å²) in [7, 11) is 0. The smallest absolute Gasteiger partial charge is 0.208 e. The highest BCUT2D eigenvalue weighted by atomic mass is 127. The Morgan fingerprint density at radius 1 is 1.12 bits per heavy atom. The van der Waals surface area contributed by atoms with Crippen molar-refractivity contribution in [2.75, 3.05) is 26.2 Å². The van der Waals surface area contributed by atoms with Crippen LogP contribution in [-0.2, 0) is 13.1 Å². The maximum atomic E-state index is 5.75. The number of piperidine rings is 1. The lowest BCUT2D eigenvalue weighted by atomic mass is 9.97. The molecule has 1 fully saturated rings. The standard InChI is InChI=1S/C25H39N5O.HI/c1-5-6-13-26-25(27-16-22-9-7-19(2)8-10-22)28-17-23-11-14-30(15-12-23)18-24-29-20(3)21(4)31-24;/h7-10,23H,5-6,11-18H2,1-4H3,(H2,26,27,28);1H. The molecule has 32 heavy (non-hydrogen) atoms. The predicted molar refractivity (Wildman–Crippen MR) is 143 cm³/mol. The van der Waals surface area contributed by atoms with Gasteiger partial charge in [-0.25, -0.2) is 9.98 Å². The Bertz CT molecular complexity index is 806. The maximum Gasteiger partial charge on any atom is 0.208 e. The van der Waals surface area contributed by atoms with Crippen molar-refractivity contribution in [3.63, 3.8) is 0 Å². The van der Waals surface area contributed by atoms with Gasteiger partial charge in [0, 0.05) is 13.1 Å². The second-order valence-corrected chi connectivity index (χ2v) is 8.78. The third kappa shape index (κ3) is 8.73. The number of aryl methyl sites for hydroxylation is 3. The Balaban J connectivity index is 0.00000363. The molecule has 0 radical (unpaired) electrons. The fraction of sp³-hybridized carbons (Fsp3) is 0.600. The van der Waals surface area contributed by atoms with Gasteiger partial charge in [-0.2, -0.15) is 0 Å². The van der Waals surface area contributed by atoms with E-state index in [9.17, 15) is 0 Å². The number of halogens is 1.